The van der Waals surface area contributed by atoms with Crippen molar-refractivity contribution in [2.75, 3.05) is 23.4 Å². The van der Waals surface area contributed by atoms with Crippen LogP contribution in [-0.4, -0.2) is 40.1 Å². The van der Waals surface area contributed by atoms with Crippen LogP contribution >= 0.6 is 0 Å². The van der Waals surface area contributed by atoms with E-state index >= 15 is 0 Å². The van der Waals surface area contributed by atoms with E-state index in [-0.39, 0.29) is 36.8 Å². The summed E-state index contributed by atoms with van der Waals surface area (Å²) in [6.07, 6.45) is -4.90. The maximum absolute atomic E-state index is 13.0. The Balaban J connectivity index is 1.95. The monoisotopic (exact) mass is 444 g/mol. The fourth-order valence-corrected chi connectivity index (χ4v) is 3.35. The number of benzene rings is 1. The van der Waals surface area contributed by atoms with Gasteiger partial charge < -0.3 is 24.8 Å². The molecule has 0 saturated heterocycles. The van der Waals surface area contributed by atoms with E-state index in [4.69, 9.17) is 9.84 Å². The average molecular weight is 444 g/mol. The lowest BCUT2D eigenvalue weighted by Gasteiger charge is -2.26. The van der Waals surface area contributed by atoms with Crippen molar-refractivity contribution in [1.29, 1.82) is 0 Å². The third-order valence-corrected chi connectivity index (χ3v) is 4.65. The van der Waals surface area contributed by atoms with Crippen molar-refractivity contribution in [3.05, 3.63) is 45.1 Å². The van der Waals surface area contributed by atoms with Crippen molar-refractivity contribution in [3.8, 4) is 11.5 Å². The molecule has 1 unspecified atom stereocenters. The zero-order valence-corrected chi connectivity index (χ0v) is 17.0. The number of hydrogen-bond donors (Lipinski definition) is 2. The summed E-state index contributed by atoms with van der Waals surface area (Å²) in [5.74, 6) is -0.114. The van der Waals surface area contributed by atoms with Gasteiger partial charge in [0.15, 0.2) is 0 Å². The van der Waals surface area contributed by atoms with E-state index in [1.165, 1.54) is 23.7 Å². The number of aliphatic hydroxyl groups excluding tert-OH is 1. The Bertz CT molecular complexity index is 1050. The van der Waals surface area contributed by atoms with E-state index in [0.717, 1.165) is 16.7 Å². The molecule has 0 bridgehead atoms. The van der Waals surface area contributed by atoms with Crippen LogP contribution in [-0.2, 0) is 13.6 Å². The maximum atomic E-state index is 13.0. The second-order valence-electron chi connectivity index (χ2n) is 6.90. The molecular weight excluding hydrogens is 421 g/mol. The summed E-state index contributed by atoms with van der Waals surface area (Å²) in [6, 6.07) is 5.03. The number of alkyl halides is 3. The Morgan fingerprint density at radius 3 is 2.55 bits per heavy atom. The van der Waals surface area contributed by atoms with Gasteiger partial charge in [0.25, 0.3) is 11.9 Å². The predicted octanol–water partition coefficient (Wildman–Crippen LogP) is 1.83. The maximum Gasteiger partial charge on any atom is 0.573 e. The largest absolute Gasteiger partial charge is 0.573 e. The van der Waals surface area contributed by atoms with Crippen LogP contribution in [0.5, 0.6) is 11.5 Å². The van der Waals surface area contributed by atoms with Crippen molar-refractivity contribution >= 4 is 11.5 Å². The van der Waals surface area contributed by atoms with Gasteiger partial charge in [-0.25, -0.2) is 4.79 Å². The summed E-state index contributed by atoms with van der Waals surface area (Å²) in [7, 11) is 1.49. The first-order valence-electron chi connectivity index (χ1n) is 9.66. The van der Waals surface area contributed by atoms with Crippen molar-refractivity contribution in [2.45, 2.75) is 39.0 Å². The van der Waals surface area contributed by atoms with Crippen LogP contribution in [0.25, 0.3) is 0 Å². The van der Waals surface area contributed by atoms with Crippen LogP contribution in [0.4, 0.5) is 24.7 Å². The molecule has 2 aromatic rings. The molecule has 1 aliphatic rings. The molecule has 31 heavy (non-hydrogen) atoms. The molecule has 0 fully saturated rings. The summed E-state index contributed by atoms with van der Waals surface area (Å²) in [4.78, 5) is 27.2. The minimum absolute atomic E-state index is 0.0532. The lowest BCUT2D eigenvalue weighted by molar-refractivity contribution is -0.274. The fraction of sp³-hybridized carbons (Fsp3) is 0.474. The predicted molar refractivity (Wildman–Crippen MR) is 106 cm³/mol. The third-order valence-electron chi connectivity index (χ3n) is 4.65. The molecule has 1 aliphatic heterocycles. The molecule has 2 heterocycles. The molecule has 0 radical (unpaired) electrons. The lowest BCUT2D eigenvalue weighted by atomic mass is 10.3. The van der Waals surface area contributed by atoms with E-state index in [1.807, 2.05) is 6.92 Å². The standard InChI is InChI=1S/C19H23F3N4O5/c1-3-8-25-14-15(24(2)18(29)26(16(14)28)9-5-10-27)23-17(25)30-12-6-4-7-13(11-12)31-19(20,21)22/h4,6-7,11,17,23,27H,3,5,8-10H2,1-2H3. The van der Waals surface area contributed by atoms with E-state index < -0.39 is 29.7 Å². The second-order valence-corrected chi connectivity index (χ2v) is 6.90. The number of nitrogens with one attached hydrogen (secondary N) is 1. The highest BCUT2D eigenvalue weighted by molar-refractivity contribution is 5.71. The van der Waals surface area contributed by atoms with E-state index in [0.29, 0.717) is 13.0 Å². The van der Waals surface area contributed by atoms with Gasteiger partial charge in [0, 0.05) is 32.8 Å². The molecule has 0 saturated carbocycles. The minimum atomic E-state index is -4.84. The highest BCUT2D eigenvalue weighted by atomic mass is 19.4. The number of anilines is 2. The number of hydrogen-bond acceptors (Lipinski definition) is 7. The number of halogens is 3. The van der Waals surface area contributed by atoms with Gasteiger partial charge in [-0.05, 0) is 25.0 Å². The molecule has 0 amide bonds. The number of fused-ring (bicyclic) bond motifs is 1. The quantitative estimate of drug-likeness (QED) is 0.641. The summed E-state index contributed by atoms with van der Waals surface area (Å²) in [5.41, 5.74) is -0.871. The molecule has 0 spiro atoms. The van der Waals surface area contributed by atoms with Gasteiger partial charge in [0.05, 0.1) is 0 Å². The molecule has 2 N–H and O–H groups in total. The average Bonchev–Trinajstić information content (AvgIpc) is 3.04. The molecule has 9 nitrogen and oxygen atoms in total. The van der Waals surface area contributed by atoms with Crippen LogP contribution in [0.3, 0.4) is 0 Å². The Kier molecular flexibility index (Phi) is 6.48. The van der Waals surface area contributed by atoms with Gasteiger partial charge in [0.2, 0.25) is 0 Å². The lowest BCUT2D eigenvalue weighted by Crippen LogP contribution is -2.44. The fourth-order valence-electron chi connectivity index (χ4n) is 3.35. The van der Waals surface area contributed by atoms with Crippen LogP contribution in [0.2, 0.25) is 0 Å². The number of aliphatic hydroxyl groups is 1. The molecule has 1 aromatic heterocycles. The first-order chi connectivity index (χ1) is 14.7. The van der Waals surface area contributed by atoms with Crippen molar-refractivity contribution in [1.82, 2.24) is 9.13 Å². The summed E-state index contributed by atoms with van der Waals surface area (Å²) in [6.45, 7) is 2.15. The Labute approximate surface area is 175 Å². The Morgan fingerprint density at radius 1 is 1.19 bits per heavy atom. The first kappa shape index (κ1) is 22.5. The van der Waals surface area contributed by atoms with Crippen LogP contribution < -0.4 is 30.9 Å². The topological polar surface area (TPSA) is 98.0 Å². The zero-order chi connectivity index (χ0) is 22.8. The normalized spacial score (nSPS) is 15.5. The summed E-state index contributed by atoms with van der Waals surface area (Å²) >= 11 is 0. The number of ether oxygens (including phenoxy) is 2. The molecule has 3 rings (SSSR count). The van der Waals surface area contributed by atoms with Crippen molar-refractivity contribution in [3.63, 3.8) is 0 Å². The SMILES string of the molecule is CCCN1c2c(n(C)c(=O)n(CCCO)c2=O)NC1Oc1cccc(OC(F)(F)F)c1. The smallest absolute Gasteiger partial charge is 0.452 e. The zero-order valence-electron chi connectivity index (χ0n) is 17.0. The van der Waals surface area contributed by atoms with Crippen LogP contribution in [0.15, 0.2) is 33.9 Å². The van der Waals surface area contributed by atoms with Gasteiger partial charge >= 0.3 is 12.1 Å². The molecule has 0 aliphatic carbocycles. The molecule has 12 heteroatoms. The first-order valence-corrected chi connectivity index (χ1v) is 9.66. The van der Waals surface area contributed by atoms with Crippen molar-refractivity contribution < 1.29 is 27.8 Å². The molecular formula is C19H23F3N4O5. The van der Waals surface area contributed by atoms with Gasteiger partial charge in [-0.2, -0.15) is 0 Å². The number of nitrogens with zero attached hydrogens (tertiary/aromatic N) is 3. The van der Waals surface area contributed by atoms with Gasteiger partial charge in [0.1, 0.15) is 23.0 Å². The van der Waals surface area contributed by atoms with E-state index in [1.54, 1.807) is 4.90 Å². The Morgan fingerprint density at radius 2 is 1.90 bits per heavy atom. The highest BCUT2D eigenvalue weighted by Crippen LogP contribution is 2.33. The summed E-state index contributed by atoms with van der Waals surface area (Å²) < 4.78 is 49.5. The Hall–Kier alpha value is -3.15. The summed E-state index contributed by atoms with van der Waals surface area (Å²) in [5, 5.41) is 12.0. The minimum Gasteiger partial charge on any atom is -0.452 e. The number of rotatable bonds is 8. The van der Waals surface area contributed by atoms with Gasteiger partial charge in [-0.15, -0.1) is 13.2 Å². The van der Waals surface area contributed by atoms with Gasteiger partial charge in [-0.3, -0.25) is 13.9 Å². The van der Waals surface area contributed by atoms with Crippen LogP contribution in [0, 0.1) is 0 Å². The van der Waals surface area contributed by atoms with Crippen molar-refractivity contribution in [2.24, 2.45) is 7.05 Å². The highest BCUT2D eigenvalue weighted by Gasteiger charge is 2.36. The van der Waals surface area contributed by atoms with E-state index in [9.17, 15) is 22.8 Å². The number of aromatic nitrogens is 2. The van der Waals surface area contributed by atoms with Gasteiger partial charge in [-0.1, -0.05) is 13.0 Å². The molecule has 170 valence electrons. The third kappa shape index (κ3) is 4.79. The second kappa shape index (κ2) is 8.92. The van der Waals surface area contributed by atoms with Crippen LogP contribution in [0.1, 0.15) is 19.8 Å². The molecule has 1 aromatic carbocycles. The van der Waals surface area contributed by atoms with E-state index in [2.05, 4.69) is 10.1 Å². The molecule has 1 atom stereocenters.